The maximum absolute atomic E-state index is 11.4. The van der Waals surface area contributed by atoms with Crippen molar-refractivity contribution >= 4 is 11.3 Å². The van der Waals surface area contributed by atoms with Crippen LogP contribution in [0.2, 0.25) is 0 Å². The Labute approximate surface area is 123 Å². The molecule has 0 aromatic carbocycles. The molecule has 0 aliphatic heterocycles. The number of aryl methyl sites for hydroxylation is 2. The molecule has 0 spiro atoms. The van der Waals surface area contributed by atoms with Crippen LogP contribution in [0.3, 0.4) is 0 Å². The average molecular weight is 288 g/mol. The molecule has 4 heteroatoms. The second kappa shape index (κ2) is 5.54. The molecule has 3 rings (SSSR count). The van der Waals surface area contributed by atoms with Crippen LogP contribution in [0.25, 0.3) is 0 Å². The summed E-state index contributed by atoms with van der Waals surface area (Å²) in [5, 5.41) is 3.71. The first kappa shape index (κ1) is 13.6. The molecule has 0 radical (unpaired) electrons. The van der Waals surface area contributed by atoms with Gasteiger partial charge in [-0.2, -0.15) is 0 Å². The standard InChI is InChI=1S/C16H20N2OS/c1-10-6-8-15(20-10)11(2)17-13-4-3-5-14-12(13)7-9-16(19)18-14/h6-9,11,13,17H,3-5H2,1-2H3,(H,18,19). The lowest BCUT2D eigenvalue weighted by atomic mass is 9.91. The first-order valence-electron chi connectivity index (χ1n) is 7.18. The Morgan fingerprint density at radius 1 is 1.35 bits per heavy atom. The second-order valence-electron chi connectivity index (χ2n) is 5.54. The van der Waals surface area contributed by atoms with Crippen LogP contribution in [0.15, 0.2) is 29.1 Å². The zero-order valence-electron chi connectivity index (χ0n) is 11.9. The molecule has 2 aromatic heterocycles. The van der Waals surface area contributed by atoms with Gasteiger partial charge in [-0.25, -0.2) is 0 Å². The van der Waals surface area contributed by atoms with Crippen molar-refractivity contribution in [2.24, 2.45) is 0 Å². The summed E-state index contributed by atoms with van der Waals surface area (Å²) in [6.07, 6.45) is 3.24. The highest BCUT2D eigenvalue weighted by Crippen LogP contribution is 2.31. The maximum Gasteiger partial charge on any atom is 0.248 e. The topological polar surface area (TPSA) is 44.9 Å². The van der Waals surface area contributed by atoms with Crippen LogP contribution in [0.5, 0.6) is 0 Å². The van der Waals surface area contributed by atoms with Gasteiger partial charge in [0.25, 0.3) is 0 Å². The van der Waals surface area contributed by atoms with Gasteiger partial charge in [-0.3, -0.25) is 4.79 Å². The quantitative estimate of drug-likeness (QED) is 0.908. The third-order valence-corrected chi connectivity index (χ3v) is 5.15. The van der Waals surface area contributed by atoms with E-state index in [1.54, 1.807) is 6.07 Å². The molecule has 20 heavy (non-hydrogen) atoms. The summed E-state index contributed by atoms with van der Waals surface area (Å²) < 4.78 is 0. The molecule has 0 saturated heterocycles. The fourth-order valence-electron chi connectivity index (χ4n) is 2.94. The number of pyridine rings is 1. The van der Waals surface area contributed by atoms with Crippen molar-refractivity contribution in [1.29, 1.82) is 0 Å². The molecule has 1 aliphatic rings. The van der Waals surface area contributed by atoms with Gasteiger partial charge in [-0.05, 0) is 50.8 Å². The van der Waals surface area contributed by atoms with Gasteiger partial charge in [-0.15, -0.1) is 11.3 Å². The van der Waals surface area contributed by atoms with E-state index in [0.29, 0.717) is 12.1 Å². The number of H-pyrrole nitrogens is 1. The summed E-state index contributed by atoms with van der Waals surface area (Å²) in [5.41, 5.74) is 2.37. The van der Waals surface area contributed by atoms with E-state index in [9.17, 15) is 4.79 Å². The van der Waals surface area contributed by atoms with Gasteiger partial charge in [0.15, 0.2) is 0 Å². The molecule has 0 amide bonds. The smallest absolute Gasteiger partial charge is 0.248 e. The molecule has 106 valence electrons. The summed E-state index contributed by atoms with van der Waals surface area (Å²) in [4.78, 5) is 17.1. The van der Waals surface area contributed by atoms with E-state index in [2.05, 4.69) is 36.3 Å². The van der Waals surface area contributed by atoms with Crippen molar-refractivity contribution in [3.8, 4) is 0 Å². The van der Waals surface area contributed by atoms with Gasteiger partial charge >= 0.3 is 0 Å². The van der Waals surface area contributed by atoms with Crippen molar-refractivity contribution < 1.29 is 0 Å². The number of aromatic amines is 1. The summed E-state index contributed by atoms with van der Waals surface area (Å²) in [6.45, 7) is 4.35. The number of hydrogen-bond donors (Lipinski definition) is 2. The largest absolute Gasteiger partial charge is 0.326 e. The summed E-state index contributed by atoms with van der Waals surface area (Å²) >= 11 is 1.85. The van der Waals surface area contributed by atoms with Crippen LogP contribution in [0.1, 0.15) is 52.9 Å². The summed E-state index contributed by atoms with van der Waals surface area (Å²) in [5.74, 6) is 0. The highest BCUT2D eigenvalue weighted by atomic mass is 32.1. The van der Waals surface area contributed by atoms with Crippen LogP contribution in [-0.2, 0) is 6.42 Å². The van der Waals surface area contributed by atoms with Gasteiger partial charge in [-0.1, -0.05) is 6.07 Å². The van der Waals surface area contributed by atoms with E-state index in [-0.39, 0.29) is 5.56 Å². The van der Waals surface area contributed by atoms with E-state index < -0.39 is 0 Å². The van der Waals surface area contributed by atoms with Crippen LogP contribution < -0.4 is 10.9 Å². The number of rotatable bonds is 3. The van der Waals surface area contributed by atoms with Crippen molar-refractivity contribution in [2.75, 3.05) is 0 Å². The van der Waals surface area contributed by atoms with E-state index in [0.717, 1.165) is 25.0 Å². The molecule has 2 heterocycles. The zero-order chi connectivity index (χ0) is 14.1. The lowest BCUT2D eigenvalue weighted by molar-refractivity contribution is 0.414. The fourth-order valence-corrected chi connectivity index (χ4v) is 3.83. The maximum atomic E-state index is 11.4. The number of hydrogen-bond acceptors (Lipinski definition) is 3. The number of fused-ring (bicyclic) bond motifs is 1. The molecular weight excluding hydrogens is 268 g/mol. The normalized spacial score (nSPS) is 19.6. The molecule has 2 N–H and O–H groups in total. The lowest BCUT2D eigenvalue weighted by Crippen LogP contribution is -2.29. The second-order valence-corrected chi connectivity index (χ2v) is 6.86. The van der Waals surface area contributed by atoms with Gasteiger partial charge in [0.2, 0.25) is 5.56 Å². The van der Waals surface area contributed by atoms with Crippen LogP contribution in [0.4, 0.5) is 0 Å². The van der Waals surface area contributed by atoms with Crippen molar-refractivity contribution in [2.45, 2.75) is 45.2 Å². The van der Waals surface area contributed by atoms with E-state index >= 15 is 0 Å². The van der Waals surface area contributed by atoms with Crippen molar-refractivity contribution in [3.63, 3.8) is 0 Å². The molecule has 2 aromatic rings. The Balaban J connectivity index is 1.81. The molecular formula is C16H20N2OS. The highest BCUT2D eigenvalue weighted by molar-refractivity contribution is 7.12. The first-order chi connectivity index (χ1) is 9.63. The van der Waals surface area contributed by atoms with Crippen LogP contribution in [-0.4, -0.2) is 4.98 Å². The molecule has 1 aliphatic carbocycles. The Bertz CT molecular complexity index is 658. The number of nitrogens with one attached hydrogen (secondary N) is 2. The SMILES string of the molecule is Cc1ccc(C(C)NC2CCCc3[nH]c(=O)ccc32)s1. The Morgan fingerprint density at radius 2 is 2.20 bits per heavy atom. The van der Waals surface area contributed by atoms with Crippen molar-refractivity contribution in [3.05, 3.63) is 55.6 Å². The Hall–Kier alpha value is -1.39. The zero-order valence-corrected chi connectivity index (χ0v) is 12.7. The average Bonchev–Trinajstić information content (AvgIpc) is 2.85. The molecule has 0 fully saturated rings. The highest BCUT2D eigenvalue weighted by Gasteiger charge is 2.22. The summed E-state index contributed by atoms with van der Waals surface area (Å²) in [7, 11) is 0. The third-order valence-electron chi connectivity index (χ3n) is 3.97. The fraction of sp³-hybridized carbons (Fsp3) is 0.438. The predicted octanol–water partition coefficient (Wildman–Crippen LogP) is 3.47. The minimum atomic E-state index is 0.00586. The monoisotopic (exact) mass is 288 g/mol. The first-order valence-corrected chi connectivity index (χ1v) is 7.99. The summed E-state index contributed by atoms with van der Waals surface area (Å²) in [6, 6.07) is 8.68. The van der Waals surface area contributed by atoms with Gasteiger partial charge in [0.05, 0.1) is 0 Å². The van der Waals surface area contributed by atoms with Crippen LogP contribution >= 0.6 is 11.3 Å². The number of aromatic nitrogens is 1. The van der Waals surface area contributed by atoms with E-state index in [4.69, 9.17) is 0 Å². The van der Waals surface area contributed by atoms with E-state index in [1.165, 1.54) is 15.3 Å². The molecule has 2 atom stereocenters. The minimum Gasteiger partial charge on any atom is -0.326 e. The molecule has 3 nitrogen and oxygen atoms in total. The van der Waals surface area contributed by atoms with Gasteiger partial charge in [0.1, 0.15) is 0 Å². The van der Waals surface area contributed by atoms with Gasteiger partial charge in [0, 0.05) is 33.6 Å². The molecule has 0 bridgehead atoms. The van der Waals surface area contributed by atoms with E-state index in [1.807, 2.05) is 17.4 Å². The van der Waals surface area contributed by atoms with Crippen molar-refractivity contribution in [1.82, 2.24) is 10.3 Å². The van der Waals surface area contributed by atoms with Crippen LogP contribution in [0, 0.1) is 6.92 Å². The Morgan fingerprint density at radius 3 is 2.95 bits per heavy atom. The third kappa shape index (κ3) is 2.72. The van der Waals surface area contributed by atoms with Gasteiger partial charge < -0.3 is 10.3 Å². The lowest BCUT2D eigenvalue weighted by Gasteiger charge is -2.28. The Kier molecular flexibility index (Phi) is 3.76. The molecule has 2 unspecified atom stereocenters. The number of thiophene rings is 1. The minimum absolute atomic E-state index is 0.00586. The predicted molar refractivity (Wildman–Crippen MR) is 83.3 cm³/mol. The molecule has 0 saturated carbocycles.